The second kappa shape index (κ2) is 6.85. The van der Waals surface area contributed by atoms with Crippen molar-refractivity contribution in [1.82, 2.24) is 4.90 Å². The van der Waals surface area contributed by atoms with Crippen molar-refractivity contribution in [3.05, 3.63) is 77.4 Å². The van der Waals surface area contributed by atoms with Crippen molar-refractivity contribution in [2.24, 2.45) is 0 Å². The summed E-state index contributed by atoms with van der Waals surface area (Å²) in [4.78, 5) is 13.7. The highest BCUT2D eigenvalue weighted by Gasteiger charge is 2.33. The Morgan fingerprint density at radius 3 is 2.48 bits per heavy atom. The Balaban J connectivity index is 1.57. The van der Waals surface area contributed by atoms with Crippen LogP contribution in [0.5, 0.6) is 0 Å². The molecule has 2 aliphatic heterocycles. The molecule has 0 saturated carbocycles. The lowest BCUT2D eigenvalue weighted by atomic mass is 9.82. The molecule has 2 aromatic carbocycles. The van der Waals surface area contributed by atoms with Crippen LogP contribution in [0.3, 0.4) is 0 Å². The highest BCUT2D eigenvalue weighted by Crippen LogP contribution is 2.37. The Kier molecular flexibility index (Phi) is 4.41. The zero-order valence-corrected chi connectivity index (χ0v) is 14.3. The maximum absolute atomic E-state index is 11.0. The fourth-order valence-electron chi connectivity index (χ4n) is 4.20. The molecule has 2 aromatic rings. The number of carbonyl (C=O) groups is 1. The highest BCUT2D eigenvalue weighted by atomic mass is 16.4. The van der Waals surface area contributed by atoms with Crippen molar-refractivity contribution < 1.29 is 9.90 Å². The molecule has 2 bridgehead atoms. The second-order valence-electron chi connectivity index (χ2n) is 7.09. The molecule has 3 heteroatoms. The molecule has 0 spiro atoms. The minimum Gasteiger partial charge on any atom is -0.478 e. The van der Waals surface area contributed by atoms with Crippen LogP contribution < -0.4 is 0 Å². The van der Waals surface area contributed by atoms with Gasteiger partial charge in [-0.05, 0) is 48.1 Å². The summed E-state index contributed by atoms with van der Waals surface area (Å²) in [7, 11) is 0. The largest absolute Gasteiger partial charge is 0.478 e. The quantitative estimate of drug-likeness (QED) is 0.889. The van der Waals surface area contributed by atoms with Gasteiger partial charge in [-0.15, -0.1) is 0 Å². The van der Waals surface area contributed by atoms with Gasteiger partial charge >= 0.3 is 5.97 Å². The molecular weight excluding hydrogens is 310 g/mol. The Bertz CT molecular complexity index is 779. The maximum atomic E-state index is 11.0. The smallest absolute Gasteiger partial charge is 0.335 e. The number of aromatic carboxylic acids is 1. The van der Waals surface area contributed by atoms with E-state index in [2.05, 4.69) is 41.3 Å². The van der Waals surface area contributed by atoms with E-state index < -0.39 is 5.97 Å². The summed E-state index contributed by atoms with van der Waals surface area (Å²) in [5.74, 6) is -0.866. The van der Waals surface area contributed by atoms with Crippen LogP contribution in [0.2, 0.25) is 0 Å². The van der Waals surface area contributed by atoms with Crippen molar-refractivity contribution in [1.29, 1.82) is 0 Å². The molecule has 2 heterocycles. The first-order valence-electron chi connectivity index (χ1n) is 9.05. The van der Waals surface area contributed by atoms with Crippen LogP contribution in [0.25, 0.3) is 5.57 Å². The van der Waals surface area contributed by atoms with E-state index in [1.54, 1.807) is 12.1 Å². The number of nitrogens with zero attached hydrogens (tertiary/aromatic N) is 1. The molecule has 1 saturated heterocycles. The number of carboxylic acid groups (broad SMARTS) is 1. The summed E-state index contributed by atoms with van der Waals surface area (Å²) >= 11 is 0. The van der Waals surface area contributed by atoms with Crippen LogP contribution in [0.15, 0.2) is 60.7 Å². The fraction of sp³-hybridized carbons (Fsp3) is 0.318. The molecule has 25 heavy (non-hydrogen) atoms. The monoisotopic (exact) mass is 333 g/mol. The van der Waals surface area contributed by atoms with Crippen molar-refractivity contribution in [3.63, 3.8) is 0 Å². The molecule has 4 rings (SSSR count). The van der Waals surface area contributed by atoms with Crippen LogP contribution in [0.4, 0.5) is 0 Å². The second-order valence-corrected chi connectivity index (χ2v) is 7.09. The lowest BCUT2D eigenvalue weighted by molar-refractivity contribution is 0.0697. The van der Waals surface area contributed by atoms with Gasteiger partial charge in [0.1, 0.15) is 0 Å². The standard InChI is InChI=1S/C22H23NO2/c24-22(25)18-11-9-17(10-12-18)19-13-20-7-4-8-21(14-19)23(20)15-16-5-2-1-3-6-16/h1-3,5-6,9-13,20-21H,4,7-8,14-15H2,(H,24,25). The van der Waals surface area contributed by atoms with Crippen molar-refractivity contribution in [3.8, 4) is 0 Å². The number of hydrogen-bond acceptors (Lipinski definition) is 2. The number of fused-ring (bicyclic) bond motifs is 2. The molecule has 2 unspecified atom stereocenters. The van der Waals surface area contributed by atoms with E-state index >= 15 is 0 Å². The van der Waals surface area contributed by atoms with Crippen molar-refractivity contribution in [2.45, 2.75) is 44.3 Å². The number of carboxylic acids is 1. The van der Waals surface area contributed by atoms with E-state index in [1.165, 1.54) is 36.0 Å². The molecule has 2 atom stereocenters. The third kappa shape index (κ3) is 3.38. The van der Waals surface area contributed by atoms with Crippen molar-refractivity contribution >= 4 is 11.5 Å². The summed E-state index contributed by atoms with van der Waals surface area (Å²) in [6, 6.07) is 19.1. The Morgan fingerprint density at radius 2 is 1.80 bits per heavy atom. The average molecular weight is 333 g/mol. The maximum Gasteiger partial charge on any atom is 0.335 e. The van der Waals surface area contributed by atoms with Crippen LogP contribution >= 0.6 is 0 Å². The minimum atomic E-state index is -0.866. The van der Waals surface area contributed by atoms with Crippen LogP contribution in [-0.4, -0.2) is 28.1 Å². The normalized spacial score (nSPS) is 23.1. The van der Waals surface area contributed by atoms with E-state index in [0.29, 0.717) is 17.6 Å². The summed E-state index contributed by atoms with van der Waals surface area (Å²) in [6.45, 7) is 1.01. The van der Waals surface area contributed by atoms with E-state index in [1.807, 2.05) is 12.1 Å². The summed E-state index contributed by atoms with van der Waals surface area (Å²) in [5.41, 5.74) is 4.27. The number of benzene rings is 2. The Labute approximate surface area is 148 Å². The van der Waals surface area contributed by atoms with Gasteiger partial charge in [0.2, 0.25) is 0 Å². The first-order chi connectivity index (χ1) is 12.2. The van der Waals surface area contributed by atoms with Gasteiger partial charge < -0.3 is 5.11 Å². The molecule has 0 aromatic heterocycles. The number of piperidine rings is 1. The molecular formula is C22H23NO2. The molecule has 128 valence electrons. The van der Waals surface area contributed by atoms with Crippen LogP contribution in [0, 0.1) is 0 Å². The van der Waals surface area contributed by atoms with Crippen molar-refractivity contribution in [2.75, 3.05) is 0 Å². The van der Waals surface area contributed by atoms with Crippen LogP contribution in [0.1, 0.15) is 47.2 Å². The summed E-state index contributed by atoms with van der Waals surface area (Å²) < 4.78 is 0. The van der Waals surface area contributed by atoms with Gasteiger partial charge in [0.25, 0.3) is 0 Å². The van der Waals surface area contributed by atoms with E-state index in [9.17, 15) is 4.79 Å². The zero-order valence-electron chi connectivity index (χ0n) is 14.3. The van der Waals surface area contributed by atoms with Gasteiger partial charge in [-0.1, -0.05) is 55.0 Å². The molecule has 1 fully saturated rings. The first kappa shape index (κ1) is 16.1. The van der Waals surface area contributed by atoms with Gasteiger partial charge in [0.05, 0.1) is 5.56 Å². The van der Waals surface area contributed by atoms with Gasteiger partial charge in [-0.25, -0.2) is 4.79 Å². The average Bonchev–Trinajstić information content (AvgIpc) is 2.62. The lowest BCUT2D eigenvalue weighted by Crippen LogP contribution is -2.47. The SMILES string of the molecule is O=C(O)c1ccc(C2=CC3CCCC(C2)N3Cc2ccccc2)cc1. The summed E-state index contributed by atoms with van der Waals surface area (Å²) in [6.07, 6.45) is 7.21. The van der Waals surface area contributed by atoms with Gasteiger partial charge in [-0.3, -0.25) is 4.90 Å². The van der Waals surface area contributed by atoms with E-state index in [0.717, 1.165) is 13.0 Å². The molecule has 1 N–H and O–H groups in total. The predicted octanol–water partition coefficient (Wildman–Crippen LogP) is 4.60. The predicted molar refractivity (Wildman–Crippen MR) is 99.4 cm³/mol. The molecule has 0 amide bonds. The summed E-state index contributed by atoms with van der Waals surface area (Å²) in [5, 5.41) is 9.07. The molecule has 0 aliphatic carbocycles. The zero-order chi connectivity index (χ0) is 17.2. The number of hydrogen-bond donors (Lipinski definition) is 1. The lowest BCUT2D eigenvalue weighted by Gasteiger charge is -2.45. The fourth-order valence-corrected chi connectivity index (χ4v) is 4.20. The molecule has 3 nitrogen and oxygen atoms in total. The molecule has 0 radical (unpaired) electrons. The van der Waals surface area contributed by atoms with E-state index in [-0.39, 0.29) is 0 Å². The highest BCUT2D eigenvalue weighted by molar-refractivity contribution is 5.88. The minimum absolute atomic E-state index is 0.353. The van der Waals surface area contributed by atoms with Gasteiger partial charge in [-0.2, -0.15) is 0 Å². The Morgan fingerprint density at radius 1 is 1.04 bits per heavy atom. The van der Waals surface area contributed by atoms with E-state index in [4.69, 9.17) is 5.11 Å². The Hall–Kier alpha value is -2.39. The van der Waals surface area contributed by atoms with Crippen LogP contribution in [-0.2, 0) is 6.54 Å². The third-order valence-electron chi connectivity index (χ3n) is 5.49. The first-order valence-corrected chi connectivity index (χ1v) is 9.05. The van der Waals surface area contributed by atoms with Gasteiger partial charge in [0, 0.05) is 18.6 Å². The number of rotatable bonds is 4. The third-order valence-corrected chi connectivity index (χ3v) is 5.49. The van der Waals surface area contributed by atoms with Gasteiger partial charge in [0.15, 0.2) is 0 Å². The topological polar surface area (TPSA) is 40.5 Å². The molecule has 2 aliphatic rings.